The van der Waals surface area contributed by atoms with Crippen LogP contribution in [0.15, 0.2) is 93.6 Å². The molecule has 3 aromatic carbocycles. The second-order valence-electron chi connectivity index (χ2n) is 8.94. The highest BCUT2D eigenvalue weighted by Gasteiger charge is 2.19. The van der Waals surface area contributed by atoms with Crippen molar-refractivity contribution in [1.82, 2.24) is 20.2 Å². The Bertz CT molecular complexity index is 1330. The first-order chi connectivity index (χ1) is 16.8. The molecule has 6 nitrogen and oxygen atoms in total. The fourth-order valence-corrected chi connectivity index (χ4v) is 4.57. The molecule has 35 heavy (non-hydrogen) atoms. The fraction of sp³-hybridized carbons (Fsp3) is 0.185. The second kappa shape index (κ2) is 11.0. The van der Waals surface area contributed by atoms with Crippen molar-refractivity contribution in [2.24, 2.45) is 5.10 Å². The van der Waals surface area contributed by atoms with Gasteiger partial charge in [-0.1, -0.05) is 103 Å². The zero-order valence-corrected chi connectivity index (χ0v) is 22.2. The molecule has 1 aromatic heterocycles. The van der Waals surface area contributed by atoms with Crippen LogP contribution in [0, 0.1) is 0 Å². The third-order valence-electron chi connectivity index (χ3n) is 5.24. The van der Waals surface area contributed by atoms with Crippen molar-refractivity contribution < 1.29 is 4.79 Å². The first kappa shape index (κ1) is 24.9. The van der Waals surface area contributed by atoms with E-state index in [4.69, 9.17) is 0 Å². The monoisotopic (exact) mass is 547 g/mol. The van der Waals surface area contributed by atoms with Gasteiger partial charge >= 0.3 is 0 Å². The van der Waals surface area contributed by atoms with E-state index in [1.165, 1.54) is 17.3 Å². The molecule has 178 valence electrons. The van der Waals surface area contributed by atoms with E-state index < -0.39 is 0 Å². The number of halogens is 1. The lowest BCUT2D eigenvalue weighted by molar-refractivity contribution is -0.118. The SMILES string of the molecule is CC(C)(C)c1ccc(-c2nnc(SCC(=O)N/N=C/c3cccc(Br)c3)n2-c2ccccc2)cc1. The van der Waals surface area contributed by atoms with E-state index >= 15 is 0 Å². The van der Waals surface area contributed by atoms with Crippen LogP contribution in [-0.4, -0.2) is 32.6 Å². The number of para-hydroxylation sites is 1. The van der Waals surface area contributed by atoms with Gasteiger partial charge in [0.05, 0.1) is 12.0 Å². The molecule has 0 radical (unpaired) electrons. The van der Waals surface area contributed by atoms with Crippen LogP contribution in [0.3, 0.4) is 0 Å². The maximum atomic E-state index is 12.4. The molecular formula is C27H26BrN5OS. The number of aromatic nitrogens is 3. The van der Waals surface area contributed by atoms with Gasteiger partial charge in [-0.2, -0.15) is 5.10 Å². The molecule has 0 aliphatic heterocycles. The molecule has 4 rings (SSSR count). The number of nitrogens with zero attached hydrogens (tertiary/aromatic N) is 4. The summed E-state index contributed by atoms with van der Waals surface area (Å²) in [6.07, 6.45) is 1.61. The van der Waals surface area contributed by atoms with Crippen LogP contribution < -0.4 is 5.43 Å². The van der Waals surface area contributed by atoms with Gasteiger partial charge in [0.2, 0.25) is 0 Å². The van der Waals surface area contributed by atoms with Crippen LogP contribution in [0.1, 0.15) is 31.9 Å². The first-order valence-electron chi connectivity index (χ1n) is 11.1. The average molecular weight is 549 g/mol. The lowest BCUT2D eigenvalue weighted by Crippen LogP contribution is -2.20. The highest BCUT2D eigenvalue weighted by Crippen LogP contribution is 2.30. The number of nitrogens with one attached hydrogen (secondary N) is 1. The summed E-state index contributed by atoms with van der Waals surface area (Å²) in [6, 6.07) is 26.0. The van der Waals surface area contributed by atoms with Gasteiger partial charge in [-0.3, -0.25) is 9.36 Å². The van der Waals surface area contributed by atoms with Gasteiger partial charge in [-0.15, -0.1) is 10.2 Å². The Hall–Kier alpha value is -3.23. The Balaban J connectivity index is 1.52. The lowest BCUT2D eigenvalue weighted by atomic mass is 9.87. The number of carbonyl (C=O) groups is 1. The molecule has 0 saturated carbocycles. The number of rotatable bonds is 7. The standard InChI is InChI=1S/C27H26BrN5OS/c1-27(2,3)21-14-12-20(13-15-21)25-31-32-26(33(25)23-10-5-4-6-11-23)35-18-24(34)30-29-17-19-8-7-9-22(28)16-19/h4-17H,18H2,1-3H3,(H,30,34)/b29-17+. The third-order valence-corrected chi connectivity index (χ3v) is 6.66. The van der Waals surface area contributed by atoms with Crippen molar-refractivity contribution in [2.75, 3.05) is 5.75 Å². The smallest absolute Gasteiger partial charge is 0.250 e. The number of hydrazone groups is 1. The van der Waals surface area contributed by atoms with Gasteiger partial charge in [-0.25, -0.2) is 5.43 Å². The van der Waals surface area contributed by atoms with Gasteiger partial charge in [-0.05, 0) is 40.8 Å². The lowest BCUT2D eigenvalue weighted by Gasteiger charge is -2.19. The Morgan fingerprint density at radius 1 is 1.03 bits per heavy atom. The Labute approximate surface area is 218 Å². The minimum atomic E-state index is -0.222. The van der Waals surface area contributed by atoms with E-state index in [0.717, 1.165) is 27.1 Å². The van der Waals surface area contributed by atoms with Crippen molar-refractivity contribution in [3.05, 3.63) is 94.5 Å². The highest BCUT2D eigenvalue weighted by molar-refractivity contribution is 9.10. The van der Waals surface area contributed by atoms with Crippen LogP contribution >= 0.6 is 27.7 Å². The van der Waals surface area contributed by atoms with Gasteiger partial charge in [0.1, 0.15) is 0 Å². The van der Waals surface area contributed by atoms with E-state index in [2.05, 4.69) is 81.7 Å². The number of amides is 1. The van der Waals surface area contributed by atoms with Crippen molar-refractivity contribution in [2.45, 2.75) is 31.3 Å². The fourth-order valence-electron chi connectivity index (χ4n) is 3.41. The number of thioether (sulfide) groups is 1. The van der Waals surface area contributed by atoms with E-state index in [9.17, 15) is 4.79 Å². The van der Waals surface area contributed by atoms with Crippen molar-refractivity contribution in [3.8, 4) is 17.1 Å². The molecule has 1 heterocycles. The van der Waals surface area contributed by atoms with Crippen molar-refractivity contribution >= 4 is 39.8 Å². The number of carbonyl (C=O) groups excluding carboxylic acids is 1. The largest absolute Gasteiger partial charge is 0.272 e. The van der Waals surface area contributed by atoms with Crippen molar-refractivity contribution in [3.63, 3.8) is 0 Å². The van der Waals surface area contributed by atoms with E-state index in [-0.39, 0.29) is 17.1 Å². The Morgan fingerprint density at radius 2 is 1.77 bits per heavy atom. The molecule has 0 aliphatic carbocycles. The summed E-state index contributed by atoms with van der Waals surface area (Å²) in [7, 11) is 0. The number of benzene rings is 3. The maximum absolute atomic E-state index is 12.4. The molecule has 1 amide bonds. The molecule has 0 unspecified atom stereocenters. The average Bonchev–Trinajstić information content (AvgIpc) is 3.27. The van der Waals surface area contributed by atoms with Crippen LogP contribution in [0.25, 0.3) is 17.1 Å². The van der Waals surface area contributed by atoms with Crippen LogP contribution in [0.2, 0.25) is 0 Å². The van der Waals surface area contributed by atoms with E-state index in [1.807, 2.05) is 59.2 Å². The molecule has 8 heteroatoms. The van der Waals surface area contributed by atoms with E-state index in [1.54, 1.807) is 6.21 Å². The van der Waals surface area contributed by atoms with E-state index in [0.29, 0.717) is 5.16 Å². The van der Waals surface area contributed by atoms with Crippen LogP contribution in [0.4, 0.5) is 0 Å². The normalized spacial score (nSPS) is 11.7. The number of hydrogen-bond donors (Lipinski definition) is 1. The van der Waals surface area contributed by atoms with Gasteiger partial charge in [0, 0.05) is 15.7 Å². The highest BCUT2D eigenvalue weighted by atomic mass is 79.9. The molecule has 0 saturated heterocycles. The predicted octanol–water partition coefficient (Wildman–Crippen LogP) is 6.24. The Kier molecular flexibility index (Phi) is 7.83. The molecule has 1 N–H and O–H groups in total. The molecule has 0 atom stereocenters. The predicted molar refractivity (Wildman–Crippen MR) is 146 cm³/mol. The molecule has 4 aromatic rings. The summed E-state index contributed by atoms with van der Waals surface area (Å²) < 4.78 is 2.93. The second-order valence-corrected chi connectivity index (χ2v) is 10.8. The summed E-state index contributed by atoms with van der Waals surface area (Å²) in [6.45, 7) is 6.57. The summed E-state index contributed by atoms with van der Waals surface area (Å²) in [5, 5.41) is 13.6. The minimum Gasteiger partial charge on any atom is -0.272 e. The molecule has 0 aliphatic rings. The Morgan fingerprint density at radius 3 is 2.46 bits per heavy atom. The summed E-state index contributed by atoms with van der Waals surface area (Å²) in [4.78, 5) is 12.4. The summed E-state index contributed by atoms with van der Waals surface area (Å²) in [5.41, 5.74) is 6.68. The molecule has 0 bridgehead atoms. The van der Waals surface area contributed by atoms with Crippen LogP contribution in [-0.2, 0) is 10.2 Å². The maximum Gasteiger partial charge on any atom is 0.250 e. The minimum absolute atomic E-state index is 0.0689. The number of hydrogen-bond acceptors (Lipinski definition) is 5. The molecule has 0 fully saturated rings. The van der Waals surface area contributed by atoms with Gasteiger partial charge < -0.3 is 0 Å². The quantitative estimate of drug-likeness (QED) is 0.169. The first-order valence-corrected chi connectivity index (χ1v) is 12.9. The third kappa shape index (κ3) is 6.46. The zero-order valence-electron chi connectivity index (χ0n) is 19.8. The summed E-state index contributed by atoms with van der Waals surface area (Å²) in [5.74, 6) is 0.663. The van der Waals surface area contributed by atoms with Crippen LogP contribution in [0.5, 0.6) is 0 Å². The summed E-state index contributed by atoms with van der Waals surface area (Å²) >= 11 is 4.74. The topological polar surface area (TPSA) is 72.2 Å². The van der Waals surface area contributed by atoms with Gasteiger partial charge in [0.15, 0.2) is 11.0 Å². The van der Waals surface area contributed by atoms with Crippen molar-refractivity contribution in [1.29, 1.82) is 0 Å². The molecular weight excluding hydrogens is 522 g/mol. The zero-order chi connectivity index (χ0) is 24.8. The van der Waals surface area contributed by atoms with Gasteiger partial charge in [0.25, 0.3) is 5.91 Å². The molecule has 0 spiro atoms.